The lowest BCUT2D eigenvalue weighted by Crippen LogP contribution is -2.19. The topological polar surface area (TPSA) is 103 Å². The van der Waals surface area contributed by atoms with Crippen LogP contribution in [0.15, 0.2) is 30.5 Å². The Balaban J connectivity index is 1.95. The molecule has 0 radical (unpaired) electrons. The average molecular weight is 273 g/mol. The number of ketones is 1. The Morgan fingerprint density at radius 2 is 2.00 bits per heavy atom. The monoisotopic (exact) mass is 273 g/mol. The molecule has 0 atom stereocenters. The standard InChI is InChI=1S/C13H15N5O2/c1-9(19)10-2-4-11(5-3-10)15-13(20)8-18-7-12(6-14)16-17-18/h2-5,7H,6,8,14H2,1H3,(H,15,20). The van der Waals surface area contributed by atoms with Gasteiger partial charge in [0.1, 0.15) is 6.54 Å². The molecule has 20 heavy (non-hydrogen) atoms. The van der Waals surface area contributed by atoms with Gasteiger partial charge in [-0.2, -0.15) is 0 Å². The molecule has 0 aliphatic heterocycles. The van der Waals surface area contributed by atoms with Gasteiger partial charge in [0.05, 0.1) is 11.9 Å². The van der Waals surface area contributed by atoms with Gasteiger partial charge in [0.2, 0.25) is 5.91 Å². The van der Waals surface area contributed by atoms with Gasteiger partial charge in [-0.25, -0.2) is 4.68 Å². The number of hydrogen-bond acceptors (Lipinski definition) is 5. The number of Topliss-reactive ketones (excluding diaryl/α,β-unsaturated/α-hetero) is 1. The van der Waals surface area contributed by atoms with Crippen LogP contribution >= 0.6 is 0 Å². The quantitative estimate of drug-likeness (QED) is 0.775. The smallest absolute Gasteiger partial charge is 0.246 e. The molecule has 0 saturated heterocycles. The lowest BCUT2D eigenvalue weighted by Gasteiger charge is -2.05. The van der Waals surface area contributed by atoms with Gasteiger partial charge >= 0.3 is 0 Å². The summed E-state index contributed by atoms with van der Waals surface area (Å²) in [7, 11) is 0. The third-order valence-corrected chi connectivity index (χ3v) is 2.68. The van der Waals surface area contributed by atoms with Crippen molar-refractivity contribution in [2.45, 2.75) is 20.0 Å². The largest absolute Gasteiger partial charge is 0.325 e. The maximum atomic E-state index is 11.8. The SMILES string of the molecule is CC(=O)c1ccc(NC(=O)Cn2cc(CN)nn2)cc1. The number of amides is 1. The second-order valence-corrected chi connectivity index (χ2v) is 4.29. The van der Waals surface area contributed by atoms with Gasteiger partial charge in [0.15, 0.2) is 5.78 Å². The third kappa shape index (κ3) is 3.48. The van der Waals surface area contributed by atoms with E-state index in [0.717, 1.165) is 0 Å². The van der Waals surface area contributed by atoms with Crippen molar-refractivity contribution in [1.29, 1.82) is 0 Å². The van der Waals surface area contributed by atoms with Crippen molar-refractivity contribution >= 4 is 17.4 Å². The van der Waals surface area contributed by atoms with Crippen molar-refractivity contribution in [2.75, 3.05) is 5.32 Å². The van der Waals surface area contributed by atoms with E-state index in [4.69, 9.17) is 5.73 Å². The van der Waals surface area contributed by atoms with Crippen LogP contribution in [0.5, 0.6) is 0 Å². The summed E-state index contributed by atoms with van der Waals surface area (Å²) >= 11 is 0. The number of anilines is 1. The predicted molar refractivity (Wildman–Crippen MR) is 73.0 cm³/mol. The van der Waals surface area contributed by atoms with Crippen molar-refractivity contribution in [2.24, 2.45) is 5.73 Å². The Bertz CT molecular complexity index is 618. The number of nitrogens with two attached hydrogens (primary N) is 1. The summed E-state index contributed by atoms with van der Waals surface area (Å²) in [4.78, 5) is 22.9. The Morgan fingerprint density at radius 1 is 1.30 bits per heavy atom. The molecule has 2 aromatic rings. The molecule has 1 aromatic carbocycles. The zero-order valence-corrected chi connectivity index (χ0v) is 11.0. The summed E-state index contributed by atoms with van der Waals surface area (Å²) in [5, 5.41) is 10.3. The number of nitrogens with zero attached hydrogens (tertiary/aromatic N) is 3. The summed E-state index contributed by atoms with van der Waals surface area (Å²) in [6.45, 7) is 1.84. The van der Waals surface area contributed by atoms with E-state index in [-0.39, 0.29) is 24.8 Å². The average Bonchev–Trinajstić information content (AvgIpc) is 2.86. The summed E-state index contributed by atoms with van der Waals surface area (Å²) in [5.41, 5.74) is 7.27. The lowest BCUT2D eigenvalue weighted by molar-refractivity contribution is -0.116. The highest BCUT2D eigenvalue weighted by atomic mass is 16.2. The number of rotatable bonds is 5. The highest BCUT2D eigenvalue weighted by Crippen LogP contribution is 2.10. The van der Waals surface area contributed by atoms with Crippen LogP contribution in [0.3, 0.4) is 0 Å². The second-order valence-electron chi connectivity index (χ2n) is 4.29. The van der Waals surface area contributed by atoms with Gasteiger partial charge < -0.3 is 11.1 Å². The molecule has 0 aliphatic rings. The van der Waals surface area contributed by atoms with Gasteiger partial charge in [0, 0.05) is 17.8 Å². The number of aromatic nitrogens is 3. The van der Waals surface area contributed by atoms with Crippen LogP contribution < -0.4 is 11.1 Å². The summed E-state index contributed by atoms with van der Waals surface area (Å²) in [6.07, 6.45) is 1.62. The molecular weight excluding hydrogens is 258 g/mol. The third-order valence-electron chi connectivity index (χ3n) is 2.68. The predicted octanol–water partition coefficient (Wildman–Crippen LogP) is 0.578. The van der Waals surface area contributed by atoms with E-state index in [2.05, 4.69) is 15.6 Å². The van der Waals surface area contributed by atoms with Crippen LogP contribution in [0.1, 0.15) is 23.0 Å². The molecule has 7 nitrogen and oxygen atoms in total. The Hall–Kier alpha value is -2.54. The molecule has 1 heterocycles. The highest BCUT2D eigenvalue weighted by Gasteiger charge is 2.06. The van der Waals surface area contributed by atoms with E-state index in [1.165, 1.54) is 11.6 Å². The molecule has 0 unspecified atom stereocenters. The normalized spacial score (nSPS) is 10.3. The number of carbonyl (C=O) groups is 2. The molecule has 2 rings (SSSR count). The first-order chi connectivity index (χ1) is 9.58. The summed E-state index contributed by atoms with van der Waals surface area (Å²) < 4.78 is 1.42. The van der Waals surface area contributed by atoms with Gasteiger partial charge in [-0.3, -0.25) is 9.59 Å². The molecule has 1 aromatic heterocycles. The fraction of sp³-hybridized carbons (Fsp3) is 0.231. The number of benzene rings is 1. The molecule has 0 fully saturated rings. The molecule has 1 amide bonds. The van der Waals surface area contributed by atoms with Crippen molar-refractivity contribution in [1.82, 2.24) is 15.0 Å². The molecular formula is C13H15N5O2. The van der Waals surface area contributed by atoms with E-state index in [9.17, 15) is 9.59 Å². The first kappa shape index (κ1) is 13.9. The van der Waals surface area contributed by atoms with Crippen molar-refractivity contribution in [3.63, 3.8) is 0 Å². The van der Waals surface area contributed by atoms with E-state index >= 15 is 0 Å². The summed E-state index contributed by atoms with van der Waals surface area (Å²) in [6, 6.07) is 6.70. The Morgan fingerprint density at radius 3 is 2.55 bits per heavy atom. The zero-order chi connectivity index (χ0) is 14.5. The van der Waals surface area contributed by atoms with E-state index in [1.807, 2.05) is 0 Å². The fourth-order valence-electron chi connectivity index (χ4n) is 1.65. The van der Waals surface area contributed by atoms with Gasteiger partial charge in [-0.15, -0.1) is 5.10 Å². The van der Waals surface area contributed by atoms with Crippen LogP contribution in [-0.2, 0) is 17.9 Å². The minimum Gasteiger partial charge on any atom is -0.325 e. The first-order valence-corrected chi connectivity index (χ1v) is 6.08. The van der Waals surface area contributed by atoms with Gasteiger partial charge in [0.25, 0.3) is 0 Å². The molecule has 3 N–H and O–H groups in total. The molecule has 0 saturated carbocycles. The van der Waals surface area contributed by atoms with E-state index < -0.39 is 0 Å². The maximum Gasteiger partial charge on any atom is 0.246 e. The van der Waals surface area contributed by atoms with Crippen molar-refractivity contribution in [3.05, 3.63) is 41.7 Å². The van der Waals surface area contributed by atoms with E-state index in [1.54, 1.807) is 30.5 Å². The second kappa shape index (κ2) is 6.07. The van der Waals surface area contributed by atoms with Crippen LogP contribution in [0.4, 0.5) is 5.69 Å². The fourth-order valence-corrected chi connectivity index (χ4v) is 1.65. The highest BCUT2D eigenvalue weighted by molar-refractivity contribution is 5.95. The number of carbonyl (C=O) groups excluding carboxylic acids is 2. The molecule has 0 spiro atoms. The number of hydrogen-bond donors (Lipinski definition) is 2. The zero-order valence-electron chi connectivity index (χ0n) is 11.0. The van der Waals surface area contributed by atoms with Crippen molar-refractivity contribution in [3.8, 4) is 0 Å². The van der Waals surface area contributed by atoms with E-state index in [0.29, 0.717) is 16.9 Å². The number of nitrogens with one attached hydrogen (secondary N) is 1. The van der Waals surface area contributed by atoms with Crippen LogP contribution in [0.2, 0.25) is 0 Å². The maximum absolute atomic E-state index is 11.8. The van der Waals surface area contributed by atoms with Crippen LogP contribution in [0, 0.1) is 0 Å². The minimum absolute atomic E-state index is 0.0141. The first-order valence-electron chi connectivity index (χ1n) is 6.08. The molecule has 0 bridgehead atoms. The van der Waals surface area contributed by atoms with Crippen molar-refractivity contribution < 1.29 is 9.59 Å². The van der Waals surface area contributed by atoms with Crippen LogP contribution in [-0.4, -0.2) is 26.7 Å². The molecule has 0 aliphatic carbocycles. The molecule has 7 heteroatoms. The van der Waals surface area contributed by atoms with Gasteiger partial charge in [-0.1, -0.05) is 5.21 Å². The summed E-state index contributed by atoms with van der Waals surface area (Å²) in [5.74, 6) is -0.242. The Labute approximate surface area is 115 Å². The van der Waals surface area contributed by atoms with Gasteiger partial charge in [-0.05, 0) is 31.2 Å². The lowest BCUT2D eigenvalue weighted by atomic mass is 10.1. The molecule has 104 valence electrons. The Kier molecular flexibility index (Phi) is 4.21. The minimum atomic E-state index is -0.228. The van der Waals surface area contributed by atoms with Crippen LogP contribution in [0.25, 0.3) is 0 Å².